The maximum atomic E-state index is 6.24. The van der Waals surface area contributed by atoms with Gasteiger partial charge in [0.25, 0.3) is 0 Å². The first-order chi connectivity index (χ1) is 9.19. The SMILES string of the molecule is C#CCn1c(C2CCCC2)nc(C(C)COC)c1N. The maximum absolute atomic E-state index is 6.24. The highest BCUT2D eigenvalue weighted by atomic mass is 16.5. The number of nitrogens with zero attached hydrogens (tertiary/aromatic N) is 2. The molecule has 4 nitrogen and oxygen atoms in total. The zero-order valence-corrected chi connectivity index (χ0v) is 11.9. The van der Waals surface area contributed by atoms with Gasteiger partial charge in [-0.2, -0.15) is 0 Å². The molecule has 0 bridgehead atoms. The summed E-state index contributed by atoms with van der Waals surface area (Å²) in [5, 5.41) is 0. The number of nitrogen functional groups attached to an aromatic ring is 1. The van der Waals surface area contributed by atoms with Gasteiger partial charge >= 0.3 is 0 Å². The van der Waals surface area contributed by atoms with Crippen molar-refractivity contribution >= 4 is 5.82 Å². The number of nitrogens with two attached hydrogens (primary N) is 1. The van der Waals surface area contributed by atoms with Crippen LogP contribution in [0.25, 0.3) is 0 Å². The zero-order valence-electron chi connectivity index (χ0n) is 11.9. The Morgan fingerprint density at radius 3 is 2.79 bits per heavy atom. The van der Waals surface area contributed by atoms with E-state index in [0.29, 0.717) is 24.9 Å². The van der Waals surface area contributed by atoms with Crippen LogP contribution in [0.5, 0.6) is 0 Å². The van der Waals surface area contributed by atoms with E-state index in [1.54, 1.807) is 7.11 Å². The number of terminal acetylenes is 1. The Balaban J connectivity index is 2.35. The number of imidazole rings is 1. The lowest BCUT2D eigenvalue weighted by Crippen LogP contribution is -2.09. The summed E-state index contributed by atoms with van der Waals surface area (Å²) < 4.78 is 7.21. The Hall–Kier alpha value is -1.47. The number of ether oxygens (including phenoxy) is 1. The highest BCUT2D eigenvalue weighted by molar-refractivity contribution is 5.42. The van der Waals surface area contributed by atoms with E-state index in [1.165, 1.54) is 25.7 Å². The molecule has 0 amide bonds. The molecule has 1 aliphatic carbocycles. The smallest absolute Gasteiger partial charge is 0.128 e. The van der Waals surface area contributed by atoms with Crippen LogP contribution in [0.2, 0.25) is 0 Å². The summed E-state index contributed by atoms with van der Waals surface area (Å²) in [7, 11) is 1.70. The first-order valence-corrected chi connectivity index (χ1v) is 6.97. The molecule has 4 heteroatoms. The Labute approximate surface area is 115 Å². The largest absolute Gasteiger partial charge is 0.384 e. The number of anilines is 1. The van der Waals surface area contributed by atoms with Gasteiger partial charge in [0.1, 0.15) is 11.6 Å². The summed E-state index contributed by atoms with van der Waals surface area (Å²) in [5.41, 5.74) is 7.17. The van der Waals surface area contributed by atoms with Gasteiger partial charge in [-0.15, -0.1) is 6.42 Å². The third-order valence-corrected chi connectivity index (χ3v) is 3.92. The summed E-state index contributed by atoms with van der Waals surface area (Å²) in [6, 6.07) is 0. The van der Waals surface area contributed by atoms with E-state index in [-0.39, 0.29) is 5.92 Å². The molecule has 1 aromatic heterocycles. The summed E-state index contributed by atoms with van der Waals surface area (Å²) in [4.78, 5) is 4.79. The molecule has 0 aliphatic heterocycles. The van der Waals surface area contributed by atoms with Crippen molar-refractivity contribution in [2.24, 2.45) is 0 Å². The van der Waals surface area contributed by atoms with Gasteiger partial charge in [0.15, 0.2) is 0 Å². The van der Waals surface area contributed by atoms with Crippen LogP contribution in [-0.4, -0.2) is 23.3 Å². The van der Waals surface area contributed by atoms with Crippen LogP contribution in [0, 0.1) is 12.3 Å². The lowest BCUT2D eigenvalue weighted by molar-refractivity contribution is 0.183. The Bertz CT molecular complexity index is 466. The van der Waals surface area contributed by atoms with Gasteiger partial charge in [-0.3, -0.25) is 0 Å². The lowest BCUT2D eigenvalue weighted by atomic mass is 10.1. The van der Waals surface area contributed by atoms with E-state index in [1.807, 2.05) is 4.57 Å². The van der Waals surface area contributed by atoms with Crippen molar-refractivity contribution in [2.45, 2.75) is 51.0 Å². The second-order valence-corrected chi connectivity index (χ2v) is 5.37. The van der Waals surface area contributed by atoms with E-state index < -0.39 is 0 Å². The topological polar surface area (TPSA) is 53.1 Å². The third kappa shape index (κ3) is 2.76. The molecule has 0 saturated heterocycles. The van der Waals surface area contributed by atoms with Crippen molar-refractivity contribution in [3.8, 4) is 12.3 Å². The average molecular weight is 261 g/mol. The van der Waals surface area contributed by atoms with Gasteiger partial charge in [-0.05, 0) is 12.8 Å². The molecule has 2 N–H and O–H groups in total. The normalized spacial score (nSPS) is 17.5. The third-order valence-electron chi connectivity index (χ3n) is 3.92. The highest BCUT2D eigenvalue weighted by Crippen LogP contribution is 2.36. The molecular weight excluding hydrogens is 238 g/mol. The first-order valence-electron chi connectivity index (χ1n) is 6.97. The number of hydrogen-bond acceptors (Lipinski definition) is 3. The van der Waals surface area contributed by atoms with Gasteiger partial charge in [-0.25, -0.2) is 4.98 Å². The van der Waals surface area contributed by atoms with Crippen molar-refractivity contribution in [3.63, 3.8) is 0 Å². The van der Waals surface area contributed by atoms with Gasteiger partial charge in [0.2, 0.25) is 0 Å². The maximum Gasteiger partial charge on any atom is 0.128 e. The quantitative estimate of drug-likeness (QED) is 0.829. The second-order valence-electron chi connectivity index (χ2n) is 5.37. The van der Waals surface area contributed by atoms with Crippen molar-refractivity contribution in [1.29, 1.82) is 0 Å². The molecule has 0 spiro atoms. The predicted molar refractivity (Wildman–Crippen MR) is 77.0 cm³/mol. The van der Waals surface area contributed by atoms with Crippen molar-refractivity contribution in [2.75, 3.05) is 19.5 Å². The Kier molecular flexibility index (Phi) is 4.49. The predicted octanol–water partition coefficient (Wildman–Crippen LogP) is 2.51. The summed E-state index contributed by atoms with van der Waals surface area (Å²) >= 11 is 0. The molecule has 1 unspecified atom stereocenters. The van der Waals surface area contributed by atoms with Gasteiger partial charge < -0.3 is 15.0 Å². The monoisotopic (exact) mass is 261 g/mol. The summed E-state index contributed by atoms with van der Waals surface area (Å²) in [6.45, 7) is 3.21. The molecule has 2 rings (SSSR count). The fraction of sp³-hybridized carbons (Fsp3) is 0.667. The van der Waals surface area contributed by atoms with Crippen molar-refractivity contribution in [3.05, 3.63) is 11.5 Å². The summed E-state index contributed by atoms with van der Waals surface area (Å²) in [6.07, 6.45) is 10.4. The van der Waals surface area contributed by atoms with E-state index in [0.717, 1.165) is 11.5 Å². The van der Waals surface area contributed by atoms with Gasteiger partial charge in [-0.1, -0.05) is 25.7 Å². The fourth-order valence-corrected chi connectivity index (χ4v) is 2.95. The molecule has 1 fully saturated rings. The number of aromatic nitrogens is 2. The van der Waals surface area contributed by atoms with Crippen LogP contribution in [-0.2, 0) is 11.3 Å². The second kappa shape index (κ2) is 6.12. The minimum atomic E-state index is 0.198. The van der Waals surface area contributed by atoms with E-state index in [9.17, 15) is 0 Å². The van der Waals surface area contributed by atoms with Crippen LogP contribution in [0.3, 0.4) is 0 Å². The average Bonchev–Trinajstić information content (AvgIpc) is 3.00. The minimum absolute atomic E-state index is 0.198. The zero-order chi connectivity index (χ0) is 13.8. The Morgan fingerprint density at radius 2 is 2.21 bits per heavy atom. The molecule has 0 aromatic carbocycles. The minimum Gasteiger partial charge on any atom is -0.384 e. The van der Waals surface area contributed by atoms with Gasteiger partial charge in [0.05, 0.1) is 18.8 Å². The van der Waals surface area contributed by atoms with E-state index in [2.05, 4.69) is 12.8 Å². The van der Waals surface area contributed by atoms with Crippen LogP contribution in [0.4, 0.5) is 5.82 Å². The van der Waals surface area contributed by atoms with Crippen LogP contribution in [0.1, 0.15) is 56.0 Å². The molecule has 1 atom stereocenters. The van der Waals surface area contributed by atoms with E-state index >= 15 is 0 Å². The van der Waals surface area contributed by atoms with Gasteiger partial charge in [0, 0.05) is 18.9 Å². The molecule has 1 saturated carbocycles. The lowest BCUT2D eigenvalue weighted by Gasteiger charge is -2.11. The molecule has 19 heavy (non-hydrogen) atoms. The van der Waals surface area contributed by atoms with Crippen LogP contribution >= 0.6 is 0 Å². The number of methoxy groups -OCH3 is 1. The molecule has 0 radical (unpaired) electrons. The highest BCUT2D eigenvalue weighted by Gasteiger charge is 2.26. The first kappa shape index (κ1) is 14.0. The molecule has 1 heterocycles. The van der Waals surface area contributed by atoms with Crippen molar-refractivity contribution in [1.82, 2.24) is 9.55 Å². The number of rotatable bonds is 5. The van der Waals surface area contributed by atoms with Crippen molar-refractivity contribution < 1.29 is 4.74 Å². The standard InChI is InChI=1S/C15H23N3O/c1-4-9-18-14(16)13(11(2)10-19-3)17-15(18)12-7-5-6-8-12/h1,11-12H,5-10,16H2,2-3H3. The molecular formula is C15H23N3O. The van der Waals surface area contributed by atoms with E-state index in [4.69, 9.17) is 21.9 Å². The molecule has 1 aromatic rings. The summed E-state index contributed by atoms with van der Waals surface area (Å²) in [5.74, 6) is 5.18. The van der Waals surface area contributed by atoms with Crippen LogP contribution in [0.15, 0.2) is 0 Å². The Morgan fingerprint density at radius 1 is 1.53 bits per heavy atom. The fourth-order valence-electron chi connectivity index (χ4n) is 2.95. The number of hydrogen-bond donors (Lipinski definition) is 1. The van der Waals surface area contributed by atoms with Crippen LogP contribution < -0.4 is 5.73 Å². The molecule has 104 valence electrons. The molecule has 1 aliphatic rings.